The lowest BCUT2D eigenvalue weighted by molar-refractivity contribution is -0.137. The van der Waals surface area contributed by atoms with Crippen molar-refractivity contribution >= 4 is 29.1 Å². The minimum absolute atomic E-state index is 0.0199. The van der Waals surface area contributed by atoms with Gasteiger partial charge in [-0.25, -0.2) is 0 Å². The van der Waals surface area contributed by atoms with Gasteiger partial charge in [-0.3, -0.25) is 9.59 Å². The quantitative estimate of drug-likeness (QED) is 0.849. The second-order valence-electron chi connectivity index (χ2n) is 6.60. The second kappa shape index (κ2) is 6.91. The fraction of sp³-hybridized carbons (Fsp3) is 0.556. The molecule has 0 unspecified atom stereocenters. The van der Waals surface area contributed by atoms with Gasteiger partial charge in [-0.1, -0.05) is 43.0 Å². The van der Waals surface area contributed by atoms with E-state index in [9.17, 15) is 9.59 Å². The molecule has 4 nitrogen and oxygen atoms in total. The zero-order chi connectivity index (χ0) is 16.4. The van der Waals surface area contributed by atoms with E-state index >= 15 is 0 Å². The molecule has 1 aliphatic carbocycles. The molecule has 2 aliphatic rings. The smallest absolute Gasteiger partial charge is 0.228 e. The van der Waals surface area contributed by atoms with Crippen molar-refractivity contribution in [1.82, 2.24) is 4.90 Å². The molecular weight excluding hydrogens is 312 g/mol. The predicted octanol–water partition coefficient (Wildman–Crippen LogP) is 3.48. The van der Waals surface area contributed by atoms with Gasteiger partial charge in [0.05, 0.1) is 16.6 Å². The summed E-state index contributed by atoms with van der Waals surface area (Å²) in [6.07, 6.45) is 6.09. The number of rotatable bonds is 3. The topological polar surface area (TPSA) is 40.6 Å². The lowest BCUT2D eigenvalue weighted by Gasteiger charge is -2.32. The molecule has 124 valence electrons. The van der Waals surface area contributed by atoms with Crippen molar-refractivity contribution < 1.29 is 9.59 Å². The zero-order valence-corrected chi connectivity index (χ0v) is 14.3. The fourth-order valence-corrected chi connectivity index (χ4v) is 3.95. The molecule has 1 aromatic rings. The predicted molar refractivity (Wildman–Crippen MR) is 91.6 cm³/mol. The van der Waals surface area contributed by atoms with Gasteiger partial charge in [0.25, 0.3) is 0 Å². The lowest BCUT2D eigenvalue weighted by Crippen LogP contribution is -2.42. The average Bonchev–Trinajstić information content (AvgIpc) is 2.96. The first kappa shape index (κ1) is 16.3. The van der Waals surface area contributed by atoms with E-state index < -0.39 is 0 Å². The summed E-state index contributed by atoms with van der Waals surface area (Å²) < 4.78 is 0. The Morgan fingerprint density at radius 3 is 2.61 bits per heavy atom. The molecule has 1 saturated carbocycles. The van der Waals surface area contributed by atoms with E-state index in [-0.39, 0.29) is 24.2 Å². The fourth-order valence-electron chi connectivity index (χ4n) is 3.71. The van der Waals surface area contributed by atoms with Crippen molar-refractivity contribution in [3.8, 4) is 0 Å². The largest absolute Gasteiger partial charge is 0.342 e. The molecule has 0 aromatic heterocycles. The van der Waals surface area contributed by atoms with Crippen LogP contribution in [0.4, 0.5) is 5.69 Å². The highest BCUT2D eigenvalue weighted by molar-refractivity contribution is 6.33. The maximum atomic E-state index is 12.8. The van der Waals surface area contributed by atoms with Gasteiger partial charge in [0.2, 0.25) is 11.8 Å². The summed E-state index contributed by atoms with van der Waals surface area (Å²) in [5, 5.41) is 0.551. The summed E-state index contributed by atoms with van der Waals surface area (Å²) in [4.78, 5) is 28.6. The van der Waals surface area contributed by atoms with Crippen LogP contribution in [0.2, 0.25) is 5.02 Å². The second-order valence-corrected chi connectivity index (χ2v) is 7.00. The van der Waals surface area contributed by atoms with Crippen molar-refractivity contribution in [2.45, 2.75) is 44.6 Å². The van der Waals surface area contributed by atoms with Crippen LogP contribution in [0, 0.1) is 5.92 Å². The maximum absolute atomic E-state index is 12.8. The lowest BCUT2D eigenvalue weighted by atomic mass is 9.93. The molecule has 5 heteroatoms. The monoisotopic (exact) mass is 334 g/mol. The van der Waals surface area contributed by atoms with Gasteiger partial charge in [-0.05, 0) is 25.0 Å². The van der Waals surface area contributed by atoms with Crippen LogP contribution in [0.5, 0.6) is 0 Å². The van der Waals surface area contributed by atoms with E-state index in [1.807, 2.05) is 30.1 Å². The molecule has 0 spiro atoms. The number of carbonyl (C=O) groups excluding carboxylic acids is 2. The van der Waals surface area contributed by atoms with Crippen LogP contribution in [0.25, 0.3) is 0 Å². The number of anilines is 1. The first-order valence-corrected chi connectivity index (χ1v) is 8.77. The van der Waals surface area contributed by atoms with E-state index in [0.717, 1.165) is 12.8 Å². The molecular formula is C18H23ClN2O2. The number of nitrogens with zero attached hydrogens (tertiary/aromatic N) is 2. The summed E-state index contributed by atoms with van der Waals surface area (Å²) >= 11 is 6.19. The summed E-state index contributed by atoms with van der Waals surface area (Å²) in [7, 11) is 1.89. The first-order chi connectivity index (χ1) is 11.1. The summed E-state index contributed by atoms with van der Waals surface area (Å²) in [6.45, 7) is 0.429. The van der Waals surface area contributed by atoms with Crippen LogP contribution >= 0.6 is 11.6 Å². The van der Waals surface area contributed by atoms with Crippen molar-refractivity contribution in [1.29, 1.82) is 0 Å². The van der Waals surface area contributed by atoms with Gasteiger partial charge in [0, 0.05) is 26.1 Å². The SMILES string of the molecule is CN(C(=O)[C@@H]1CC(=O)N(c2ccccc2Cl)C1)C1CCCCC1. The van der Waals surface area contributed by atoms with Crippen LogP contribution in [0.3, 0.4) is 0 Å². The van der Waals surface area contributed by atoms with Crippen molar-refractivity contribution in [2.75, 3.05) is 18.5 Å². The minimum Gasteiger partial charge on any atom is -0.342 e. The van der Waals surface area contributed by atoms with Crippen molar-refractivity contribution in [2.24, 2.45) is 5.92 Å². The molecule has 0 radical (unpaired) electrons. The molecule has 1 aromatic carbocycles. The van der Waals surface area contributed by atoms with E-state index in [2.05, 4.69) is 0 Å². The highest BCUT2D eigenvalue weighted by Crippen LogP contribution is 2.32. The summed E-state index contributed by atoms with van der Waals surface area (Å²) in [5.74, 6) is -0.181. The highest BCUT2D eigenvalue weighted by Gasteiger charge is 2.38. The van der Waals surface area contributed by atoms with Gasteiger partial charge in [0.15, 0.2) is 0 Å². The number of hydrogen-bond acceptors (Lipinski definition) is 2. The number of carbonyl (C=O) groups is 2. The third-order valence-electron chi connectivity index (χ3n) is 5.09. The van der Waals surface area contributed by atoms with Gasteiger partial charge in [-0.2, -0.15) is 0 Å². The van der Waals surface area contributed by atoms with Crippen molar-refractivity contribution in [3.05, 3.63) is 29.3 Å². The zero-order valence-electron chi connectivity index (χ0n) is 13.5. The van der Waals surface area contributed by atoms with Crippen LogP contribution < -0.4 is 4.90 Å². The van der Waals surface area contributed by atoms with Crippen LogP contribution in [0.15, 0.2) is 24.3 Å². The molecule has 1 aliphatic heterocycles. The Morgan fingerprint density at radius 1 is 1.22 bits per heavy atom. The van der Waals surface area contributed by atoms with E-state index in [4.69, 9.17) is 11.6 Å². The molecule has 1 saturated heterocycles. The van der Waals surface area contributed by atoms with E-state index in [1.165, 1.54) is 19.3 Å². The third-order valence-corrected chi connectivity index (χ3v) is 5.41. The number of halogens is 1. The molecule has 3 rings (SSSR count). The van der Waals surface area contributed by atoms with Crippen LogP contribution in [0.1, 0.15) is 38.5 Å². The molecule has 0 N–H and O–H groups in total. The molecule has 23 heavy (non-hydrogen) atoms. The number of para-hydroxylation sites is 1. The van der Waals surface area contributed by atoms with Gasteiger partial charge >= 0.3 is 0 Å². The first-order valence-electron chi connectivity index (χ1n) is 8.39. The highest BCUT2D eigenvalue weighted by atomic mass is 35.5. The molecule has 0 bridgehead atoms. The molecule has 2 amide bonds. The number of benzene rings is 1. The Labute approximate surface area is 142 Å². The van der Waals surface area contributed by atoms with E-state index in [0.29, 0.717) is 23.3 Å². The van der Waals surface area contributed by atoms with Crippen LogP contribution in [-0.4, -0.2) is 36.3 Å². The Kier molecular flexibility index (Phi) is 4.90. The van der Waals surface area contributed by atoms with E-state index in [1.54, 1.807) is 11.0 Å². The number of amides is 2. The third kappa shape index (κ3) is 3.37. The molecule has 1 atom stereocenters. The van der Waals surface area contributed by atoms with Gasteiger partial charge in [0.1, 0.15) is 0 Å². The summed E-state index contributed by atoms with van der Waals surface area (Å²) in [6, 6.07) is 7.63. The Bertz CT molecular complexity index is 598. The van der Waals surface area contributed by atoms with Crippen molar-refractivity contribution in [3.63, 3.8) is 0 Å². The van der Waals surface area contributed by atoms with Gasteiger partial charge in [-0.15, -0.1) is 0 Å². The van der Waals surface area contributed by atoms with Crippen LogP contribution in [-0.2, 0) is 9.59 Å². The summed E-state index contributed by atoms with van der Waals surface area (Å²) in [5.41, 5.74) is 0.704. The Morgan fingerprint density at radius 2 is 1.91 bits per heavy atom. The minimum atomic E-state index is -0.259. The average molecular weight is 335 g/mol. The van der Waals surface area contributed by atoms with Gasteiger partial charge < -0.3 is 9.80 Å². The Balaban J connectivity index is 1.69. The standard InChI is InChI=1S/C18H23ClN2O2/c1-20(14-7-3-2-4-8-14)18(23)13-11-17(22)21(12-13)16-10-6-5-9-15(16)19/h5-6,9-10,13-14H,2-4,7-8,11-12H2,1H3/t13-/m1/s1. The maximum Gasteiger partial charge on any atom is 0.228 e. The normalized spacial score (nSPS) is 22.4. The molecule has 2 fully saturated rings. The molecule has 1 heterocycles. The Hall–Kier alpha value is -1.55. The number of hydrogen-bond donors (Lipinski definition) is 0.